The van der Waals surface area contributed by atoms with Crippen LogP contribution in [-0.4, -0.2) is 35.6 Å². The molecule has 1 fully saturated rings. The summed E-state index contributed by atoms with van der Waals surface area (Å²) in [5.41, 5.74) is 2.54. The number of para-hydroxylation sites is 1. The minimum atomic E-state index is -0.591. The van der Waals surface area contributed by atoms with E-state index in [1.165, 1.54) is 13.2 Å². The summed E-state index contributed by atoms with van der Waals surface area (Å²) in [5.74, 6) is -0.327. The number of imide groups is 1. The van der Waals surface area contributed by atoms with Gasteiger partial charge < -0.3 is 14.8 Å². The maximum absolute atomic E-state index is 13.0. The third-order valence-electron chi connectivity index (χ3n) is 5.53. The normalized spacial score (nSPS) is 14.2. The van der Waals surface area contributed by atoms with Gasteiger partial charge in [-0.25, -0.2) is 0 Å². The number of hydrogen-bond donors (Lipinski definition) is 1. The first-order valence-electron chi connectivity index (χ1n) is 11.2. The van der Waals surface area contributed by atoms with E-state index in [9.17, 15) is 14.4 Å². The van der Waals surface area contributed by atoms with Gasteiger partial charge in [-0.2, -0.15) is 0 Å². The average Bonchev–Trinajstić information content (AvgIpc) is 3.13. The Hall–Kier alpha value is -3.17. The van der Waals surface area contributed by atoms with Gasteiger partial charge in [0.05, 0.1) is 12.0 Å². The molecule has 3 amide bonds. The Morgan fingerprint density at radius 3 is 2.55 bits per heavy atom. The summed E-state index contributed by atoms with van der Waals surface area (Å²) >= 11 is 19.1. The molecule has 1 heterocycles. The number of amides is 3. The fourth-order valence-electron chi connectivity index (χ4n) is 3.54. The van der Waals surface area contributed by atoms with Gasteiger partial charge in [0.15, 0.2) is 11.5 Å². The molecule has 38 heavy (non-hydrogen) atoms. The van der Waals surface area contributed by atoms with Crippen LogP contribution in [0.5, 0.6) is 11.5 Å². The first-order chi connectivity index (χ1) is 18.2. The number of ether oxygens (including phenoxy) is 2. The monoisotopic (exact) mass is 590 g/mol. The molecule has 0 spiro atoms. The summed E-state index contributed by atoms with van der Waals surface area (Å²) < 4.78 is 11.5. The summed E-state index contributed by atoms with van der Waals surface area (Å²) in [6.07, 6.45) is 1.53. The summed E-state index contributed by atoms with van der Waals surface area (Å²) in [7, 11) is 1.49. The van der Waals surface area contributed by atoms with Crippen LogP contribution in [0.4, 0.5) is 10.5 Å². The van der Waals surface area contributed by atoms with Gasteiger partial charge in [-0.1, -0.05) is 59.1 Å². The number of benzene rings is 3. The van der Waals surface area contributed by atoms with Crippen molar-refractivity contribution in [2.24, 2.45) is 0 Å². The molecule has 0 aliphatic carbocycles. The lowest BCUT2D eigenvalue weighted by atomic mass is 10.1. The largest absolute Gasteiger partial charge is 0.493 e. The number of anilines is 1. The topological polar surface area (TPSA) is 84.9 Å². The molecule has 4 rings (SSSR count). The van der Waals surface area contributed by atoms with Crippen molar-refractivity contribution in [3.63, 3.8) is 0 Å². The molecule has 0 radical (unpaired) electrons. The highest BCUT2D eigenvalue weighted by Gasteiger charge is 2.36. The van der Waals surface area contributed by atoms with E-state index in [0.717, 1.165) is 22.2 Å². The molecule has 0 aromatic heterocycles. The van der Waals surface area contributed by atoms with E-state index in [0.29, 0.717) is 43.4 Å². The number of carbonyl (C=O) groups is 3. The van der Waals surface area contributed by atoms with E-state index in [2.05, 4.69) is 5.32 Å². The lowest BCUT2D eigenvalue weighted by molar-refractivity contribution is -0.127. The van der Waals surface area contributed by atoms with Gasteiger partial charge in [-0.3, -0.25) is 19.3 Å². The molecule has 0 saturated carbocycles. The first-order valence-corrected chi connectivity index (χ1v) is 13.2. The minimum Gasteiger partial charge on any atom is -0.493 e. The van der Waals surface area contributed by atoms with Gasteiger partial charge in [0, 0.05) is 31.9 Å². The Morgan fingerprint density at radius 1 is 1.05 bits per heavy atom. The van der Waals surface area contributed by atoms with Crippen molar-refractivity contribution in [2.75, 3.05) is 19.0 Å². The number of nitrogens with one attached hydrogen (secondary N) is 1. The predicted molar refractivity (Wildman–Crippen MR) is 151 cm³/mol. The number of carbonyl (C=O) groups excluding carboxylic acids is 3. The van der Waals surface area contributed by atoms with Crippen LogP contribution in [0.1, 0.15) is 16.7 Å². The standard InChI is InChI=1S/C27H21Cl3N2O5S/c1-15-6-9-19(12-20(15)29)31-24(33)13-32-26(34)23(38-27(32)35)10-16-4-3-5-22(36-2)25(16)37-14-17-7-8-18(28)11-21(17)30/h3-12H,13-14H2,1-2H3,(H,31,33)/b23-10+. The SMILES string of the molecule is COc1cccc(/C=C2/SC(=O)N(CC(=O)Nc3ccc(C)c(Cl)c3)C2=O)c1OCc1ccc(Cl)cc1Cl. The average molecular weight is 592 g/mol. The van der Waals surface area contributed by atoms with Crippen LogP contribution in [0, 0.1) is 6.92 Å². The zero-order chi connectivity index (χ0) is 27.4. The number of hydrogen-bond acceptors (Lipinski definition) is 6. The maximum atomic E-state index is 13.0. The molecular formula is C27H21Cl3N2O5S. The molecule has 1 N–H and O–H groups in total. The lowest BCUT2D eigenvalue weighted by Gasteiger charge is -2.15. The predicted octanol–water partition coefficient (Wildman–Crippen LogP) is 7.22. The molecule has 1 saturated heterocycles. The second kappa shape index (κ2) is 12.1. The van der Waals surface area contributed by atoms with E-state index in [-0.39, 0.29) is 11.5 Å². The van der Waals surface area contributed by atoms with Gasteiger partial charge in [0.1, 0.15) is 13.2 Å². The minimum absolute atomic E-state index is 0.113. The summed E-state index contributed by atoms with van der Waals surface area (Å²) in [6.45, 7) is 1.51. The number of rotatable bonds is 8. The van der Waals surface area contributed by atoms with E-state index in [1.54, 1.807) is 54.6 Å². The van der Waals surface area contributed by atoms with Crippen molar-refractivity contribution in [1.82, 2.24) is 4.90 Å². The van der Waals surface area contributed by atoms with Crippen LogP contribution in [0.2, 0.25) is 15.1 Å². The third kappa shape index (κ3) is 6.45. The molecule has 3 aromatic carbocycles. The van der Waals surface area contributed by atoms with Crippen LogP contribution >= 0.6 is 46.6 Å². The zero-order valence-corrected chi connectivity index (χ0v) is 23.3. The molecule has 0 atom stereocenters. The van der Waals surface area contributed by atoms with Crippen LogP contribution in [0.3, 0.4) is 0 Å². The van der Waals surface area contributed by atoms with E-state index in [4.69, 9.17) is 44.3 Å². The number of halogens is 3. The van der Waals surface area contributed by atoms with Crippen molar-refractivity contribution in [1.29, 1.82) is 0 Å². The first kappa shape index (κ1) is 27.9. The van der Waals surface area contributed by atoms with Crippen molar-refractivity contribution >= 4 is 75.4 Å². The second-order valence-electron chi connectivity index (χ2n) is 8.18. The van der Waals surface area contributed by atoms with Gasteiger partial charge in [0.25, 0.3) is 11.1 Å². The fourth-order valence-corrected chi connectivity index (χ4v) is 5.02. The van der Waals surface area contributed by atoms with Crippen LogP contribution in [0.25, 0.3) is 6.08 Å². The fraction of sp³-hybridized carbons (Fsp3) is 0.148. The number of nitrogens with zero attached hydrogens (tertiary/aromatic N) is 1. The smallest absolute Gasteiger partial charge is 0.294 e. The van der Waals surface area contributed by atoms with Gasteiger partial charge in [0.2, 0.25) is 5.91 Å². The molecular weight excluding hydrogens is 571 g/mol. The molecule has 11 heteroatoms. The summed E-state index contributed by atoms with van der Waals surface area (Å²) in [4.78, 5) is 39.2. The number of aryl methyl sites for hydroxylation is 1. The van der Waals surface area contributed by atoms with Crippen molar-refractivity contribution in [2.45, 2.75) is 13.5 Å². The summed E-state index contributed by atoms with van der Waals surface area (Å²) in [6, 6.07) is 15.3. The third-order valence-corrected chi connectivity index (χ3v) is 7.44. The lowest BCUT2D eigenvalue weighted by Crippen LogP contribution is -2.36. The van der Waals surface area contributed by atoms with Crippen LogP contribution in [0.15, 0.2) is 59.5 Å². The maximum Gasteiger partial charge on any atom is 0.294 e. The second-order valence-corrected chi connectivity index (χ2v) is 10.4. The molecule has 196 valence electrons. The van der Waals surface area contributed by atoms with E-state index in [1.807, 2.05) is 6.92 Å². The molecule has 1 aliphatic rings. The molecule has 3 aromatic rings. The van der Waals surface area contributed by atoms with Gasteiger partial charge in [-0.15, -0.1) is 0 Å². The Bertz CT molecular complexity index is 1460. The van der Waals surface area contributed by atoms with Crippen molar-refractivity contribution in [3.8, 4) is 11.5 Å². The highest BCUT2D eigenvalue weighted by molar-refractivity contribution is 8.18. The quantitative estimate of drug-likeness (QED) is 0.279. The highest BCUT2D eigenvalue weighted by atomic mass is 35.5. The van der Waals surface area contributed by atoms with Gasteiger partial charge in [-0.05, 0) is 60.7 Å². The van der Waals surface area contributed by atoms with E-state index >= 15 is 0 Å². The molecule has 1 aliphatic heterocycles. The number of methoxy groups -OCH3 is 1. The molecule has 0 unspecified atom stereocenters. The van der Waals surface area contributed by atoms with E-state index < -0.39 is 23.6 Å². The number of thioether (sulfide) groups is 1. The zero-order valence-electron chi connectivity index (χ0n) is 20.2. The Morgan fingerprint density at radius 2 is 1.84 bits per heavy atom. The molecule has 0 bridgehead atoms. The van der Waals surface area contributed by atoms with Gasteiger partial charge >= 0.3 is 0 Å². The van der Waals surface area contributed by atoms with Crippen molar-refractivity contribution < 1.29 is 23.9 Å². The summed E-state index contributed by atoms with van der Waals surface area (Å²) in [5, 5.41) is 3.54. The Kier molecular flexibility index (Phi) is 8.89. The highest BCUT2D eigenvalue weighted by Crippen LogP contribution is 2.38. The van der Waals surface area contributed by atoms with Crippen LogP contribution < -0.4 is 14.8 Å². The molecule has 7 nitrogen and oxygen atoms in total. The van der Waals surface area contributed by atoms with Crippen LogP contribution in [-0.2, 0) is 16.2 Å². The Labute approximate surface area is 238 Å². The Balaban J connectivity index is 1.51. The van der Waals surface area contributed by atoms with Crippen molar-refractivity contribution in [3.05, 3.63) is 91.3 Å².